The molecule has 0 saturated carbocycles. The van der Waals surface area contributed by atoms with Gasteiger partial charge in [0.25, 0.3) is 0 Å². The molecule has 6 heteroatoms. The van der Waals surface area contributed by atoms with Gasteiger partial charge in [-0.3, -0.25) is 0 Å². The number of rotatable bonds is 0. The first-order chi connectivity index (χ1) is 8.28. The van der Waals surface area contributed by atoms with E-state index in [0.717, 1.165) is 9.86 Å². The minimum atomic E-state index is -0.552. The summed E-state index contributed by atoms with van der Waals surface area (Å²) in [6.45, 7) is 5.44. The quantitative estimate of drug-likeness (QED) is 0.678. The van der Waals surface area contributed by atoms with E-state index in [2.05, 4.69) is 20.9 Å². The Balaban J connectivity index is 2.49. The third kappa shape index (κ3) is 2.67. The molecule has 4 nitrogen and oxygen atoms in total. The maximum Gasteiger partial charge on any atom is 0.420 e. The van der Waals surface area contributed by atoms with E-state index in [0.29, 0.717) is 10.8 Å². The van der Waals surface area contributed by atoms with Crippen LogP contribution >= 0.6 is 27.5 Å². The molecule has 0 amide bonds. The third-order valence-electron chi connectivity index (χ3n) is 2.17. The largest absolute Gasteiger partial charge is 0.443 e. The number of ether oxygens (including phenoxy) is 1. The van der Waals surface area contributed by atoms with Crippen LogP contribution in [0, 0.1) is 0 Å². The molecule has 0 radical (unpaired) electrons. The van der Waals surface area contributed by atoms with Crippen molar-refractivity contribution in [2.75, 3.05) is 0 Å². The second-order valence-corrected chi connectivity index (χ2v) is 6.07. The van der Waals surface area contributed by atoms with E-state index in [1.807, 2.05) is 20.8 Å². The number of pyridine rings is 1. The summed E-state index contributed by atoms with van der Waals surface area (Å²) < 4.78 is 7.43. The van der Waals surface area contributed by atoms with Crippen LogP contribution in [0.4, 0.5) is 4.79 Å². The van der Waals surface area contributed by atoms with Crippen LogP contribution in [0.25, 0.3) is 11.0 Å². The first kappa shape index (κ1) is 13.4. The van der Waals surface area contributed by atoms with Gasteiger partial charge in [-0.1, -0.05) is 11.6 Å². The lowest BCUT2D eigenvalue weighted by atomic mass is 10.2. The summed E-state index contributed by atoms with van der Waals surface area (Å²) in [5, 5.41) is 1.13. The highest BCUT2D eigenvalue weighted by atomic mass is 79.9. The molecule has 0 aliphatic heterocycles. The Morgan fingerprint density at radius 1 is 1.50 bits per heavy atom. The molecule has 18 heavy (non-hydrogen) atoms. The zero-order chi connectivity index (χ0) is 13.5. The fourth-order valence-electron chi connectivity index (χ4n) is 1.50. The molecular weight excluding hydrogens is 320 g/mol. The Bertz CT molecular complexity index is 616. The van der Waals surface area contributed by atoms with E-state index in [9.17, 15) is 4.79 Å². The summed E-state index contributed by atoms with van der Waals surface area (Å²) in [6.07, 6.45) is 1.14. The summed E-state index contributed by atoms with van der Waals surface area (Å²) in [5.41, 5.74) is -0.0765. The lowest BCUT2D eigenvalue weighted by molar-refractivity contribution is 0.0543. The Labute approximate surface area is 118 Å². The maximum absolute atomic E-state index is 12.0. The number of hydrogen-bond acceptors (Lipinski definition) is 3. The highest BCUT2D eigenvalue weighted by Crippen LogP contribution is 2.26. The summed E-state index contributed by atoms with van der Waals surface area (Å²) >= 11 is 9.27. The van der Waals surface area contributed by atoms with Crippen molar-refractivity contribution >= 4 is 44.7 Å². The standard InChI is InChI=1S/C12H12BrClN2O2/c1-12(2,3)18-11(17)16-5-4-7-8(13)6-9(14)15-10(7)16/h4-6H,1-3H3. The molecule has 0 fully saturated rings. The fraction of sp³-hybridized carbons (Fsp3) is 0.333. The minimum Gasteiger partial charge on any atom is -0.443 e. The summed E-state index contributed by atoms with van der Waals surface area (Å²) in [7, 11) is 0. The maximum atomic E-state index is 12.0. The van der Waals surface area contributed by atoms with Gasteiger partial charge in [-0.15, -0.1) is 0 Å². The number of aromatic nitrogens is 2. The zero-order valence-electron chi connectivity index (χ0n) is 10.2. The number of hydrogen-bond donors (Lipinski definition) is 0. The summed E-state index contributed by atoms with van der Waals surface area (Å²) in [6, 6.07) is 3.47. The zero-order valence-corrected chi connectivity index (χ0v) is 12.5. The second-order valence-electron chi connectivity index (χ2n) is 4.83. The van der Waals surface area contributed by atoms with Crippen molar-refractivity contribution in [3.05, 3.63) is 28.0 Å². The van der Waals surface area contributed by atoms with Crippen molar-refractivity contribution < 1.29 is 9.53 Å². The van der Waals surface area contributed by atoms with Gasteiger partial charge >= 0.3 is 6.09 Å². The lowest BCUT2D eigenvalue weighted by Crippen LogP contribution is -2.26. The Hall–Kier alpha value is -1.07. The molecule has 2 aromatic rings. The van der Waals surface area contributed by atoms with Crippen LogP contribution in [-0.2, 0) is 4.74 Å². The molecule has 2 heterocycles. The third-order valence-corrected chi connectivity index (χ3v) is 3.02. The number of carbonyl (C=O) groups is 1. The van der Waals surface area contributed by atoms with Gasteiger partial charge in [-0.2, -0.15) is 0 Å². The fourth-order valence-corrected chi connectivity index (χ4v) is 2.35. The number of carbonyl (C=O) groups excluding carboxylic acids is 1. The topological polar surface area (TPSA) is 44.1 Å². The molecule has 96 valence electrons. The first-order valence-corrected chi connectivity index (χ1v) is 6.51. The van der Waals surface area contributed by atoms with Crippen LogP contribution in [0.1, 0.15) is 20.8 Å². The number of nitrogens with zero attached hydrogens (tertiary/aromatic N) is 2. The minimum absolute atomic E-state index is 0.317. The molecule has 0 aromatic carbocycles. The smallest absolute Gasteiger partial charge is 0.420 e. The highest BCUT2D eigenvalue weighted by molar-refractivity contribution is 9.10. The van der Waals surface area contributed by atoms with E-state index in [1.165, 1.54) is 4.57 Å². The molecule has 0 atom stereocenters. The van der Waals surface area contributed by atoms with Gasteiger partial charge in [-0.05, 0) is 48.8 Å². The van der Waals surface area contributed by atoms with Gasteiger partial charge in [0, 0.05) is 16.1 Å². The molecule has 0 aliphatic carbocycles. The number of halogens is 2. The predicted octanol–water partition coefficient (Wildman–Crippen LogP) is 4.24. The molecular formula is C12H12BrClN2O2. The predicted molar refractivity (Wildman–Crippen MR) is 74.1 cm³/mol. The SMILES string of the molecule is CC(C)(C)OC(=O)n1ccc2c(Br)cc(Cl)nc21. The average Bonchev–Trinajstić information content (AvgIpc) is 2.58. The van der Waals surface area contributed by atoms with Crippen LogP contribution in [0.3, 0.4) is 0 Å². The normalized spacial score (nSPS) is 11.8. The number of fused-ring (bicyclic) bond motifs is 1. The van der Waals surface area contributed by atoms with Gasteiger partial charge < -0.3 is 4.74 Å². The van der Waals surface area contributed by atoms with Gasteiger partial charge in [-0.25, -0.2) is 14.3 Å². The van der Waals surface area contributed by atoms with Crippen molar-refractivity contribution in [1.29, 1.82) is 0 Å². The summed E-state index contributed by atoms with van der Waals surface area (Å²) in [5.74, 6) is 0. The average molecular weight is 332 g/mol. The van der Waals surface area contributed by atoms with Crippen LogP contribution in [-0.4, -0.2) is 21.2 Å². The van der Waals surface area contributed by atoms with Crippen molar-refractivity contribution in [3.63, 3.8) is 0 Å². The molecule has 0 N–H and O–H groups in total. The Morgan fingerprint density at radius 2 is 2.17 bits per heavy atom. The first-order valence-electron chi connectivity index (χ1n) is 5.34. The van der Waals surface area contributed by atoms with Crippen molar-refractivity contribution in [3.8, 4) is 0 Å². The van der Waals surface area contributed by atoms with Gasteiger partial charge in [0.05, 0.1) is 0 Å². The van der Waals surface area contributed by atoms with E-state index in [1.54, 1.807) is 18.3 Å². The van der Waals surface area contributed by atoms with Crippen LogP contribution in [0.2, 0.25) is 5.15 Å². The van der Waals surface area contributed by atoms with Gasteiger partial charge in [0.15, 0.2) is 5.65 Å². The molecule has 2 rings (SSSR count). The van der Waals surface area contributed by atoms with Crippen molar-refractivity contribution in [2.24, 2.45) is 0 Å². The van der Waals surface area contributed by atoms with Crippen molar-refractivity contribution in [2.45, 2.75) is 26.4 Å². The molecule has 0 aliphatic rings. The van der Waals surface area contributed by atoms with Gasteiger partial charge in [0.1, 0.15) is 10.8 Å². The highest BCUT2D eigenvalue weighted by Gasteiger charge is 2.20. The second kappa shape index (κ2) is 4.55. The van der Waals surface area contributed by atoms with Crippen molar-refractivity contribution in [1.82, 2.24) is 9.55 Å². The molecule has 0 spiro atoms. The summed E-state index contributed by atoms with van der Waals surface area (Å²) in [4.78, 5) is 16.1. The van der Waals surface area contributed by atoms with E-state index in [4.69, 9.17) is 16.3 Å². The molecule has 0 unspecified atom stereocenters. The van der Waals surface area contributed by atoms with E-state index < -0.39 is 11.7 Å². The van der Waals surface area contributed by atoms with Crippen LogP contribution in [0.5, 0.6) is 0 Å². The van der Waals surface area contributed by atoms with Crippen LogP contribution < -0.4 is 0 Å². The Kier molecular flexibility index (Phi) is 3.38. The molecule has 2 aromatic heterocycles. The van der Waals surface area contributed by atoms with E-state index in [-0.39, 0.29) is 0 Å². The van der Waals surface area contributed by atoms with E-state index >= 15 is 0 Å². The van der Waals surface area contributed by atoms with Crippen LogP contribution in [0.15, 0.2) is 22.8 Å². The van der Waals surface area contributed by atoms with Gasteiger partial charge in [0.2, 0.25) is 0 Å². The Morgan fingerprint density at radius 3 is 2.78 bits per heavy atom. The molecule has 0 saturated heterocycles. The lowest BCUT2D eigenvalue weighted by Gasteiger charge is -2.19. The molecule has 0 bridgehead atoms. The monoisotopic (exact) mass is 330 g/mol.